The predicted octanol–water partition coefficient (Wildman–Crippen LogP) is 3.30. The van der Waals surface area contributed by atoms with Crippen LogP contribution in [-0.4, -0.2) is 26.4 Å². The molecule has 1 fully saturated rings. The lowest BCUT2D eigenvalue weighted by Crippen LogP contribution is -2.54. The summed E-state index contributed by atoms with van der Waals surface area (Å²) in [5.41, 5.74) is 0.112. The van der Waals surface area contributed by atoms with E-state index in [9.17, 15) is 0 Å². The molecule has 1 unspecified atom stereocenters. The number of ether oxygens (including phenoxy) is 3. The summed E-state index contributed by atoms with van der Waals surface area (Å²) in [6.07, 6.45) is 0. The first-order valence-electron chi connectivity index (χ1n) is 7.31. The Hall–Kier alpha value is -1.26. The van der Waals surface area contributed by atoms with Gasteiger partial charge in [-0.2, -0.15) is 0 Å². The van der Waals surface area contributed by atoms with Gasteiger partial charge in [-0.3, -0.25) is 5.32 Å². The van der Waals surface area contributed by atoms with Gasteiger partial charge in [-0.25, -0.2) is 0 Å². The minimum Gasteiger partial charge on any atom is -0.497 e. The van der Waals surface area contributed by atoms with Crippen LogP contribution in [0.2, 0.25) is 0 Å². The van der Waals surface area contributed by atoms with E-state index in [-0.39, 0.29) is 11.0 Å². The maximum atomic E-state index is 6.30. The topological polar surface area (TPSA) is 39.7 Å². The highest BCUT2D eigenvalue weighted by Gasteiger charge is 2.54. The second kappa shape index (κ2) is 5.18. The van der Waals surface area contributed by atoms with Crippen LogP contribution >= 0.6 is 0 Å². The highest BCUT2D eigenvalue weighted by Crippen LogP contribution is 2.49. The zero-order chi connectivity index (χ0) is 15.9. The van der Waals surface area contributed by atoms with Gasteiger partial charge in [0.2, 0.25) is 0 Å². The van der Waals surface area contributed by atoms with Crippen molar-refractivity contribution in [1.82, 2.24) is 5.32 Å². The van der Waals surface area contributed by atoms with Crippen LogP contribution < -0.4 is 14.8 Å². The fourth-order valence-corrected chi connectivity index (χ4v) is 2.88. The van der Waals surface area contributed by atoms with E-state index in [1.807, 2.05) is 18.2 Å². The third kappa shape index (κ3) is 2.74. The summed E-state index contributed by atoms with van der Waals surface area (Å²) in [4.78, 5) is 0. The molecule has 1 aliphatic rings. The summed E-state index contributed by atoms with van der Waals surface area (Å²) in [6.45, 7) is 11.4. The van der Waals surface area contributed by atoms with Crippen molar-refractivity contribution in [1.29, 1.82) is 0 Å². The Morgan fingerprint density at radius 3 is 2.24 bits per heavy atom. The van der Waals surface area contributed by atoms with Gasteiger partial charge < -0.3 is 14.2 Å². The zero-order valence-electron chi connectivity index (χ0n) is 14.2. The minimum atomic E-state index is -0.615. The maximum Gasteiger partial charge on any atom is 0.154 e. The number of methoxy groups -OCH3 is 2. The van der Waals surface area contributed by atoms with Gasteiger partial charge in [-0.15, -0.1) is 0 Å². The first-order valence-corrected chi connectivity index (χ1v) is 7.31. The number of rotatable bonds is 3. The average molecular weight is 293 g/mol. The molecule has 1 aromatic carbocycles. The molecule has 1 saturated heterocycles. The molecule has 0 radical (unpaired) electrons. The standard InChI is InChI=1S/C17H27NO3/c1-15(2,3)17(18-16(4,5)11-21-17)13-10-12(19-6)8-9-14(13)20-7/h8-10,18H,11H2,1-7H3. The predicted molar refractivity (Wildman–Crippen MR) is 83.8 cm³/mol. The van der Waals surface area contributed by atoms with E-state index >= 15 is 0 Å². The molecule has 1 atom stereocenters. The summed E-state index contributed by atoms with van der Waals surface area (Å²) in [6, 6.07) is 5.83. The van der Waals surface area contributed by atoms with Crippen LogP contribution in [-0.2, 0) is 10.5 Å². The number of hydrogen-bond acceptors (Lipinski definition) is 4. The van der Waals surface area contributed by atoms with Crippen LogP contribution in [0.3, 0.4) is 0 Å². The van der Waals surface area contributed by atoms with Crippen LogP contribution in [0.5, 0.6) is 11.5 Å². The summed E-state index contributed by atoms with van der Waals surface area (Å²) < 4.78 is 17.3. The lowest BCUT2D eigenvalue weighted by Gasteiger charge is -2.43. The quantitative estimate of drug-likeness (QED) is 0.928. The molecule has 0 aromatic heterocycles. The van der Waals surface area contributed by atoms with Crippen LogP contribution in [0.25, 0.3) is 0 Å². The van der Waals surface area contributed by atoms with Crippen LogP contribution in [0.15, 0.2) is 18.2 Å². The Kier molecular flexibility index (Phi) is 3.98. The number of hydrogen-bond donors (Lipinski definition) is 1. The number of nitrogens with one attached hydrogen (secondary N) is 1. The fourth-order valence-electron chi connectivity index (χ4n) is 2.88. The molecule has 21 heavy (non-hydrogen) atoms. The lowest BCUT2D eigenvalue weighted by atomic mass is 9.77. The molecular formula is C17H27NO3. The minimum absolute atomic E-state index is 0.0959. The van der Waals surface area contributed by atoms with Gasteiger partial charge >= 0.3 is 0 Å². The second-order valence-corrected chi connectivity index (χ2v) is 7.29. The molecular weight excluding hydrogens is 266 g/mol. The SMILES string of the molecule is COc1ccc(OC)c(C2(C(C)(C)C)NC(C)(C)CO2)c1. The van der Waals surface area contributed by atoms with E-state index in [1.54, 1.807) is 14.2 Å². The van der Waals surface area contributed by atoms with Crippen molar-refractivity contribution in [3.8, 4) is 11.5 Å². The molecule has 1 N–H and O–H groups in total. The Labute approximate surface area is 127 Å². The molecule has 1 aromatic rings. The van der Waals surface area contributed by atoms with E-state index in [0.29, 0.717) is 6.61 Å². The molecule has 0 saturated carbocycles. The molecule has 0 amide bonds. The van der Waals surface area contributed by atoms with Gasteiger partial charge in [0.25, 0.3) is 0 Å². The van der Waals surface area contributed by atoms with E-state index in [4.69, 9.17) is 14.2 Å². The Morgan fingerprint density at radius 1 is 1.14 bits per heavy atom. The molecule has 0 bridgehead atoms. The van der Waals surface area contributed by atoms with Crippen LogP contribution in [0, 0.1) is 5.41 Å². The van der Waals surface area contributed by atoms with Gasteiger partial charge in [0.15, 0.2) is 5.72 Å². The summed E-state index contributed by atoms with van der Waals surface area (Å²) in [7, 11) is 3.35. The summed E-state index contributed by atoms with van der Waals surface area (Å²) in [5, 5.41) is 3.67. The molecule has 118 valence electrons. The van der Waals surface area contributed by atoms with Crippen molar-refractivity contribution in [2.45, 2.75) is 45.9 Å². The van der Waals surface area contributed by atoms with Crippen molar-refractivity contribution < 1.29 is 14.2 Å². The van der Waals surface area contributed by atoms with Gasteiger partial charge in [-0.05, 0) is 32.0 Å². The van der Waals surface area contributed by atoms with Crippen molar-refractivity contribution in [2.75, 3.05) is 20.8 Å². The fraction of sp³-hybridized carbons (Fsp3) is 0.647. The molecule has 0 aliphatic carbocycles. The molecule has 1 heterocycles. The summed E-state index contributed by atoms with van der Waals surface area (Å²) >= 11 is 0. The summed E-state index contributed by atoms with van der Waals surface area (Å²) in [5.74, 6) is 1.60. The van der Waals surface area contributed by atoms with Crippen LogP contribution in [0.4, 0.5) is 0 Å². The van der Waals surface area contributed by atoms with E-state index in [2.05, 4.69) is 39.9 Å². The Bertz CT molecular complexity index is 519. The largest absolute Gasteiger partial charge is 0.497 e. The van der Waals surface area contributed by atoms with Crippen molar-refractivity contribution in [3.05, 3.63) is 23.8 Å². The average Bonchev–Trinajstić information content (AvgIpc) is 2.75. The zero-order valence-corrected chi connectivity index (χ0v) is 14.2. The molecule has 1 aliphatic heterocycles. The smallest absolute Gasteiger partial charge is 0.154 e. The van der Waals surface area contributed by atoms with Gasteiger partial charge in [0.05, 0.1) is 20.8 Å². The van der Waals surface area contributed by atoms with Crippen LogP contribution in [0.1, 0.15) is 40.2 Å². The van der Waals surface area contributed by atoms with E-state index in [1.165, 1.54) is 0 Å². The monoisotopic (exact) mass is 293 g/mol. The van der Waals surface area contributed by atoms with Crippen molar-refractivity contribution in [3.63, 3.8) is 0 Å². The first kappa shape index (κ1) is 16.1. The highest BCUT2D eigenvalue weighted by molar-refractivity contribution is 5.45. The lowest BCUT2D eigenvalue weighted by molar-refractivity contribution is -0.100. The Balaban J connectivity index is 2.63. The molecule has 0 spiro atoms. The number of benzene rings is 1. The van der Waals surface area contributed by atoms with Gasteiger partial charge in [0, 0.05) is 16.5 Å². The van der Waals surface area contributed by atoms with Crippen molar-refractivity contribution >= 4 is 0 Å². The molecule has 4 heteroatoms. The van der Waals surface area contributed by atoms with Gasteiger partial charge in [0.1, 0.15) is 11.5 Å². The second-order valence-electron chi connectivity index (χ2n) is 7.29. The van der Waals surface area contributed by atoms with E-state index < -0.39 is 5.72 Å². The first-order chi connectivity index (χ1) is 9.65. The Morgan fingerprint density at radius 2 is 1.81 bits per heavy atom. The van der Waals surface area contributed by atoms with Crippen molar-refractivity contribution in [2.24, 2.45) is 5.41 Å². The normalized spacial score (nSPS) is 24.9. The molecule has 4 nitrogen and oxygen atoms in total. The highest BCUT2D eigenvalue weighted by atomic mass is 16.5. The molecule has 2 rings (SSSR count). The third-order valence-corrected chi connectivity index (χ3v) is 4.01. The van der Waals surface area contributed by atoms with Gasteiger partial charge in [-0.1, -0.05) is 20.8 Å². The van der Waals surface area contributed by atoms with E-state index in [0.717, 1.165) is 17.1 Å². The third-order valence-electron chi connectivity index (χ3n) is 4.01. The maximum absolute atomic E-state index is 6.30.